The number of aromatic nitrogens is 1. The number of hydrogen-bond acceptors (Lipinski definition) is 7. The monoisotopic (exact) mass is 635 g/mol. The fraction of sp³-hybridized carbons (Fsp3) is 0.154. The topological polar surface area (TPSA) is 88.5 Å². The predicted molar refractivity (Wildman–Crippen MR) is 157 cm³/mol. The van der Waals surface area contributed by atoms with Gasteiger partial charge in [-0.15, -0.1) is 11.3 Å². The van der Waals surface area contributed by atoms with Crippen LogP contribution in [0.5, 0.6) is 0 Å². The Labute approximate surface area is 249 Å². The van der Waals surface area contributed by atoms with E-state index in [2.05, 4.69) is 5.32 Å². The summed E-state index contributed by atoms with van der Waals surface area (Å²) in [7, 11) is 0. The second-order valence-corrected chi connectivity index (χ2v) is 13.2. The van der Waals surface area contributed by atoms with Gasteiger partial charge in [0.05, 0.1) is 26.7 Å². The number of nitrogens with one attached hydrogen (secondary N) is 1. The van der Waals surface area contributed by atoms with Gasteiger partial charge in [0.1, 0.15) is 11.8 Å². The number of hydrogen-bond donors (Lipinski definition) is 1. The lowest BCUT2D eigenvalue weighted by Crippen LogP contribution is -2.32. The van der Waals surface area contributed by atoms with Crippen LogP contribution in [0.4, 0.5) is 11.4 Å². The van der Waals surface area contributed by atoms with Gasteiger partial charge in [-0.2, -0.15) is 0 Å². The Hall–Kier alpha value is -2.60. The summed E-state index contributed by atoms with van der Waals surface area (Å²) < 4.78 is 1.37. The molecule has 2 aliphatic rings. The highest BCUT2D eigenvalue weighted by Crippen LogP contribution is 2.54. The summed E-state index contributed by atoms with van der Waals surface area (Å²) in [6.45, 7) is -0.268. The van der Waals surface area contributed by atoms with Crippen LogP contribution >= 0.6 is 69.2 Å². The number of carbonyl (C=O) groups excluding carboxylic acids is 3. The molecular weight excluding hydrogens is 621 g/mol. The molecule has 0 bridgehead atoms. The molecule has 0 saturated carbocycles. The summed E-state index contributed by atoms with van der Waals surface area (Å²) in [6.07, 6.45) is 0. The number of carbonyl (C=O) groups is 3. The lowest BCUT2D eigenvalue weighted by molar-refractivity contribution is -0.122. The van der Waals surface area contributed by atoms with Gasteiger partial charge in [-0.05, 0) is 53.9 Å². The molecule has 198 valence electrons. The zero-order valence-corrected chi connectivity index (χ0v) is 24.3. The molecule has 1 saturated heterocycles. The van der Waals surface area contributed by atoms with Gasteiger partial charge in [0, 0.05) is 26.4 Å². The molecule has 1 N–H and O–H groups in total. The molecule has 0 unspecified atom stereocenters. The van der Waals surface area contributed by atoms with E-state index >= 15 is 0 Å². The quantitative estimate of drug-likeness (QED) is 0.258. The van der Waals surface area contributed by atoms with E-state index in [9.17, 15) is 19.2 Å². The minimum absolute atomic E-state index is 0.268. The molecule has 2 aromatic heterocycles. The van der Waals surface area contributed by atoms with Gasteiger partial charge in [0.25, 0.3) is 0 Å². The van der Waals surface area contributed by atoms with Crippen LogP contribution in [0.1, 0.15) is 15.7 Å². The second-order valence-electron chi connectivity index (χ2n) is 8.85. The molecule has 2 aliphatic heterocycles. The van der Waals surface area contributed by atoms with Gasteiger partial charge in [-0.1, -0.05) is 64.0 Å². The van der Waals surface area contributed by atoms with Crippen LogP contribution in [0, 0.1) is 5.92 Å². The molecule has 4 heterocycles. The number of rotatable bonds is 5. The van der Waals surface area contributed by atoms with Gasteiger partial charge < -0.3 is 5.32 Å². The molecule has 0 radical (unpaired) electrons. The van der Waals surface area contributed by atoms with Crippen molar-refractivity contribution in [1.29, 1.82) is 0 Å². The molecular formula is C26H16Cl3N3O4S3. The number of thioether (sulfide) groups is 1. The Morgan fingerprint density at radius 1 is 0.949 bits per heavy atom. The number of fused-ring (bicyclic) bond motifs is 2. The van der Waals surface area contributed by atoms with Crippen molar-refractivity contribution in [2.24, 2.45) is 5.92 Å². The summed E-state index contributed by atoms with van der Waals surface area (Å²) >= 11 is 21.7. The third-order valence-electron chi connectivity index (χ3n) is 6.49. The van der Waals surface area contributed by atoms with Gasteiger partial charge in [0.2, 0.25) is 17.7 Å². The molecule has 0 aliphatic carbocycles. The van der Waals surface area contributed by atoms with E-state index in [-0.39, 0.29) is 28.3 Å². The molecule has 13 heteroatoms. The summed E-state index contributed by atoms with van der Waals surface area (Å²) in [5.74, 6) is -2.32. The van der Waals surface area contributed by atoms with E-state index in [0.717, 1.165) is 28.0 Å². The number of amides is 3. The highest BCUT2D eigenvalue weighted by atomic mass is 35.5. The van der Waals surface area contributed by atoms with Crippen molar-refractivity contribution in [2.75, 3.05) is 10.2 Å². The van der Waals surface area contributed by atoms with Crippen LogP contribution in [0.3, 0.4) is 0 Å². The van der Waals surface area contributed by atoms with Crippen molar-refractivity contribution in [3.05, 3.63) is 94.5 Å². The Balaban J connectivity index is 1.37. The lowest BCUT2D eigenvalue weighted by atomic mass is 9.87. The first-order chi connectivity index (χ1) is 18.7. The van der Waals surface area contributed by atoms with E-state index in [1.807, 2.05) is 17.5 Å². The lowest BCUT2D eigenvalue weighted by Gasteiger charge is -2.29. The summed E-state index contributed by atoms with van der Waals surface area (Å²) in [6, 6.07) is 15.0. The average molecular weight is 637 g/mol. The SMILES string of the molecule is O=C(Cn1c2c(sc1=O)[C@@H](c1cccs1)[C@@H]1C(=O)N(c3ccc(Cl)cc3)C(=O)[C@@H]1S2)Nc1ccc(Cl)c(Cl)c1. The molecule has 6 rings (SSSR count). The standard InChI is InChI=1S/C26H16Cl3N3O4S3/c27-12-3-6-14(7-4-12)32-23(34)20-19(17-2-1-9-37-17)22-25(38-21(20)24(32)35)31(26(36)39-22)11-18(33)30-13-5-8-15(28)16(29)10-13/h1-10,19-21H,11H2,(H,30,33)/t19-,20-,21+/m0/s1. The maximum atomic E-state index is 13.8. The van der Waals surface area contributed by atoms with Gasteiger partial charge in [0.15, 0.2) is 0 Å². The maximum absolute atomic E-state index is 13.8. The van der Waals surface area contributed by atoms with Crippen LogP contribution in [0.15, 0.2) is 69.8 Å². The number of anilines is 2. The Morgan fingerprint density at radius 3 is 2.41 bits per heavy atom. The Bertz CT molecular complexity index is 1680. The van der Waals surface area contributed by atoms with E-state index in [1.54, 1.807) is 36.4 Å². The molecule has 2 aromatic carbocycles. The normalized spacial score (nSPS) is 20.2. The fourth-order valence-electron chi connectivity index (χ4n) is 4.79. The molecule has 3 amide bonds. The smallest absolute Gasteiger partial charge is 0.308 e. The maximum Gasteiger partial charge on any atom is 0.308 e. The Kier molecular flexibility index (Phi) is 7.11. The molecule has 39 heavy (non-hydrogen) atoms. The number of thiophene rings is 1. The van der Waals surface area contributed by atoms with Gasteiger partial charge in [-0.3, -0.25) is 23.7 Å². The number of imide groups is 1. The molecule has 4 aromatic rings. The van der Waals surface area contributed by atoms with Crippen molar-refractivity contribution in [1.82, 2.24) is 4.57 Å². The van der Waals surface area contributed by atoms with Crippen LogP contribution in [-0.4, -0.2) is 27.5 Å². The largest absolute Gasteiger partial charge is 0.324 e. The highest BCUT2D eigenvalue weighted by Gasteiger charge is 2.57. The first-order valence-electron chi connectivity index (χ1n) is 11.5. The number of halogens is 3. The van der Waals surface area contributed by atoms with E-state index in [0.29, 0.717) is 31.3 Å². The zero-order valence-electron chi connectivity index (χ0n) is 19.6. The first-order valence-corrected chi connectivity index (χ1v) is 15.3. The number of benzene rings is 2. The highest BCUT2D eigenvalue weighted by molar-refractivity contribution is 8.00. The van der Waals surface area contributed by atoms with Crippen LogP contribution in [-0.2, 0) is 20.9 Å². The van der Waals surface area contributed by atoms with Crippen molar-refractivity contribution in [3.63, 3.8) is 0 Å². The predicted octanol–water partition coefficient (Wildman–Crippen LogP) is 6.37. The summed E-state index contributed by atoms with van der Waals surface area (Å²) in [4.78, 5) is 56.0. The average Bonchev–Trinajstić information content (AvgIpc) is 3.60. The summed E-state index contributed by atoms with van der Waals surface area (Å²) in [5, 5.41) is 5.52. The zero-order chi connectivity index (χ0) is 27.4. The molecule has 0 spiro atoms. The second kappa shape index (κ2) is 10.4. The summed E-state index contributed by atoms with van der Waals surface area (Å²) in [5.41, 5.74) is 0.877. The number of nitrogens with zero attached hydrogens (tertiary/aromatic N) is 2. The van der Waals surface area contributed by atoms with Crippen molar-refractivity contribution in [2.45, 2.75) is 22.7 Å². The minimum atomic E-state index is -0.758. The van der Waals surface area contributed by atoms with Gasteiger partial charge >= 0.3 is 4.87 Å². The van der Waals surface area contributed by atoms with Gasteiger partial charge in [-0.25, -0.2) is 4.90 Å². The Morgan fingerprint density at radius 2 is 1.72 bits per heavy atom. The van der Waals surface area contributed by atoms with Crippen LogP contribution in [0.2, 0.25) is 15.1 Å². The van der Waals surface area contributed by atoms with Crippen molar-refractivity contribution < 1.29 is 14.4 Å². The number of thiazole rings is 1. The third-order valence-corrected chi connectivity index (χ3v) is 11.0. The van der Waals surface area contributed by atoms with Crippen molar-refractivity contribution in [3.8, 4) is 0 Å². The van der Waals surface area contributed by atoms with Crippen LogP contribution < -0.4 is 15.1 Å². The van der Waals surface area contributed by atoms with E-state index in [1.165, 1.54) is 26.9 Å². The third kappa shape index (κ3) is 4.73. The molecule has 3 atom stereocenters. The van der Waals surface area contributed by atoms with E-state index in [4.69, 9.17) is 34.8 Å². The van der Waals surface area contributed by atoms with E-state index < -0.39 is 23.0 Å². The molecule has 7 nitrogen and oxygen atoms in total. The van der Waals surface area contributed by atoms with Crippen molar-refractivity contribution >= 4 is 98.3 Å². The van der Waals surface area contributed by atoms with Crippen LogP contribution in [0.25, 0.3) is 0 Å². The first kappa shape index (κ1) is 26.6. The fourth-order valence-corrected chi connectivity index (χ4v) is 8.94. The molecule has 1 fully saturated rings. The minimum Gasteiger partial charge on any atom is -0.324 e.